The zero-order valence-electron chi connectivity index (χ0n) is 5.37. The summed E-state index contributed by atoms with van der Waals surface area (Å²) in [7, 11) is 0. The van der Waals surface area contributed by atoms with Gasteiger partial charge in [0.2, 0.25) is 6.08 Å². The van der Waals surface area contributed by atoms with Crippen LogP contribution in [0, 0.1) is 5.41 Å². The molecule has 0 atom stereocenters. The third-order valence-corrected chi connectivity index (χ3v) is 0.718. The minimum Gasteiger partial charge on any atom is -0.368 e. The number of rotatable bonds is 0. The van der Waals surface area contributed by atoms with E-state index >= 15 is 0 Å². The van der Waals surface area contributed by atoms with Crippen molar-refractivity contribution in [2.75, 3.05) is 0 Å². The highest BCUT2D eigenvalue weighted by Crippen LogP contribution is 1.81. The van der Waals surface area contributed by atoms with Gasteiger partial charge >= 0.3 is 0 Å². The average molecular weight is 136 g/mol. The maximum absolute atomic E-state index is 8.35. The smallest absolute Gasteiger partial charge is 0.231 e. The van der Waals surface area contributed by atoms with Gasteiger partial charge in [-0.25, -0.2) is 10.2 Å². The third kappa shape index (κ3) is 6.40. The van der Waals surface area contributed by atoms with Crippen LogP contribution in [0.3, 0.4) is 0 Å². The minimum atomic E-state index is 0.750. The van der Waals surface area contributed by atoms with E-state index in [-0.39, 0.29) is 0 Å². The summed E-state index contributed by atoms with van der Waals surface area (Å²) in [6, 6.07) is 0. The molecule has 2 N–H and O–H groups in total. The predicted octanol–water partition coefficient (Wildman–Crippen LogP) is 1.07. The van der Waals surface area contributed by atoms with Gasteiger partial charge in [-0.05, 0) is 12.2 Å². The van der Waals surface area contributed by atoms with Gasteiger partial charge in [0, 0.05) is 12.4 Å². The van der Waals surface area contributed by atoms with E-state index in [0.717, 1.165) is 6.08 Å². The van der Waals surface area contributed by atoms with Crippen LogP contribution >= 0.6 is 0 Å². The fraction of sp³-hybridized carbons (Fsp3) is 0. The lowest BCUT2D eigenvalue weighted by molar-refractivity contribution is 0.563. The first-order valence-corrected chi connectivity index (χ1v) is 2.70. The molecule has 0 fully saturated rings. The topological polar surface area (TPSA) is 53.0 Å². The zero-order valence-corrected chi connectivity index (χ0v) is 5.37. The van der Waals surface area contributed by atoms with Crippen LogP contribution in [0.5, 0.6) is 0 Å². The lowest BCUT2D eigenvalue weighted by atomic mass is 10.5. The highest BCUT2D eigenvalue weighted by molar-refractivity contribution is 5.26. The van der Waals surface area contributed by atoms with E-state index in [1.54, 1.807) is 0 Å². The Morgan fingerprint density at radius 2 is 1.50 bits per heavy atom. The lowest BCUT2D eigenvalue weighted by Crippen LogP contribution is -1.87. The molecule has 3 heteroatoms. The average Bonchev–Trinajstić information content (AvgIpc) is 2.17. The number of hydrogen-bond acceptors (Lipinski definition) is 3. The van der Waals surface area contributed by atoms with E-state index in [9.17, 15) is 0 Å². The van der Waals surface area contributed by atoms with Crippen molar-refractivity contribution in [3.8, 4) is 0 Å². The van der Waals surface area contributed by atoms with Crippen molar-refractivity contribution in [3.05, 3.63) is 36.7 Å². The van der Waals surface area contributed by atoms with Crippen LogP contribution in [0.25, 0.3) is 0 Å². The van der Waals surface area contributed by atoms with E-state index in [1.165, 1.54) is 0 Å². The predicted molar refractivity (Wildman–Crippen MR) is 39.0 cm³/mol. The molecule has 1 heterocycles. The molecule has 1 rings (SSSR count). The highest BCUT2D eigenvalue weighted by Gasteiger charge is 1.67. The molecule has 0 unspecified atom stereocenters. The van der Waals surface area contributed by atoms with Gasteiger partial charge in [0.25, 0.3) is 0 Å². The highest BCUT2D eigenvalue weighted by atomic mass is 16.1. The SMILES string of the molecule is C1=CC=CNC=C1.N=C=O. The number of carbonyl (C=O) groups excluding carboxylic acids is 1. The van der Waals surface area contributed by atoms with Crippen LogP contribution in [-0.2, 0) is 4.79 Å². The first-order chi connectivity index (χ1) is 4.91. The Labute approximate surface area is 59.3 Å². The summed E-state index contributed by atoms with van der Waals surface area (Å²) in [5.74, 6) is 0. The van der Waals surface area contributed by atoms with Gasteiger partial charge in [0.05, 0.1) is 0 Å². The molecule has 0 bridgehead atoms. The van der Waals surface area contributed by atoms with Gasteiger partial charge < -0.3 is 5.32 Å². The summed E-state index contributed by atoms with van der Waals surface area (Å²) < 4.78 is 0. The van der Waals surface area contributed by atoms with Crippen LogP contribution in [0.1, 0.15) is 0 Å². The van der Waals surface area contributed by atoms with Crippen molar-refractivity contribution in [2.45, 2.75) is 0 Å². The molecule has 0 aliphatic carbocycles. The van der Waals surface area contributed by atoms with Gasteiger partial charge in [-0.15, -0.1) is 0 Å². The maximum Gasteiger partial charge on any atom is 0.231 e. The van der Waals surface area contributed by atoms with Crippen molar-refractivity contribution >= 4 is 6.08 Å². The van der Waals surface area contributed by atoms with Crippen molar-refractivity contribution in [2.24, 2.45) is 0 Å². The summed E-state index contributed by atoms with van der Waals surface area (Å²) in [6.45, 7) is 0. The summed E-state index contributed by atoms with van der Waals surface area (Å²) in [4.78, 5) is 8.35. The van der Waals surface area contributed by atoms with Gasteiger partial charge in [-0.3, -0.25) is 0 Å². The Morgan fingerprint density at radius 3 is 1.90 bits per heavy atom. The molecule has 1 aliphatic heterocycles. The second-order valence-corrected chi connectivity index (χ2v) is 1.37. The van der Waals surface area contributed by atoms with E-state index < -0.39 is 0 Å². The van der Waals surface area contributed by atoms with Crippen LogP contribution in [0.15, 0.2) is 36.7 Å². The van der Waals surface area contributed by atoms with Crippen LogP contribution < -0.4 is 5.32 Å². The molecule has 1 aliphatic rings. The van der Waals surface area contributed by atoms with Crippen LogP contribution in [-0.4, -0.2) is 6.08 Å². The second-order valence-electron chi connectivity index (χ2n) is 1.37. The summed E-state index contributed by atoms with van der Waals surface area (Å²) >= 11 is 0. The summed E-state index contributed by atoms with van der Waals surface area (Å²) in [5.41, 5.74) is 0. The standard InChI is InChI=1S/C6H7N.CHNO/c1-2-4-6-7-5-3-1;2-1-3/h1-7H;2H. The van der Waals surface area contributed by atoms with E-state index in [2.05, 4.69) is 5.32 Å². The van der Waals surface area contributed by atoms with Crippen LogP contribution in [0.4, 0.5) is 0 Å². The second kappa shape index (κ2) is 7.40. The molecule has 10 heavy (non-hydrogen) atoms. The lowest BCUT2D eigenvalue weighted by Gasteiger charge is -1.79. The maximum atomic E-state index is 8.35. The molecule has 0 aromatic heterocycles. The molecule has 0 aromatic carbocycles. The van der Waals surface area contributed by atoms with Crippen molar-refractivity contribution in [1.29, 1.82) is 5.41 Å². The summed E-state index contributed by atoms with van der Waals surface area (Å²) in [5, 5.41) is 8.33. The Kier molecular flexibility index (Phi) is 6.22. The third-order valence-electron chi connectivity index (χ3n) is 0.718. The molecule has 0 spiro atoms. The molecule has 0 aromatic rings. The van der Waals surface area contributed by atoms with Crippen LogP contribution in [0.2, 0.25) is 0 Å². The van der Waals surface area contributed by atoms with Gasteiger partial charge in [-0.1, -0.05) is 12.2 Å². The Balaban J connectivity index is 0.000000236. The summed E-state index contributed by atoms with van der Waals surface area (Å²) in [6.07, 6.45) is 12.3. The van der Waals surface area contributed by atoms with Gasteiger partial charge in [-0.2, -0.15) is 0 Å². The number of hydrogen-bond donors (Lipinski definition) is 2. The molecule has 0 amide bonds. The van der Waals surface area contributed by atoms with Gasteiger partial charge in [0.1, 0.15) is 0 Å². The number of nitrogens with one attached hydrogen (secondary N) is 2. The molecule has 0 saturated carbocycles. The molecular weight excluding hydrogens is 128 g/mol. The fourth-order valence-corrected chi connectivity index (χ4v) is 0.406. The Morgan fingerprint density at radius 1 is 1.10 bits per heavy atom. The van der Waals surface area contributed by atoms with Crippen molar-refractivity contribution in [3.63, 3.8) is 0 Å². The zero-order chi connectivity index (χ0) is 7.66. The monoisotopic (exact) mass is 136 g/mol. The Bertz CT molecular complexity index is 172. The fourth-order valence-electron chi connectivity index (χ4n) is 0.406. The quantitative estimate of drug-likeness (QED) is 0.386. The molecule has 0 saturated heterocycles. The Hall–Kier alpha value is -1.60. The molecule has 52 valence electrons. The molecule has 0 radical (unpaired) electrons. The number of isocyanates is 1. The van der Waals surface area contributed by atoms with E-state index in [0.29, 0.717) is 0 Å². The molecular formula is C7H8N2O. The van der Waals surface area contributed by atoms with Gasteiger partial charge in [0.15, 0.2) is 0 Å². The first-order valence-electron chi connectivity index (χ1n) is 2.70. The van der Waals surface area contributed by atoms with Crippen molar-refractivity contribution in [1.82, 2.24) is 5.32 Å². The van der Waals surface area contributed by atoms with E-state index in [4.69, 9.17) is 10.2 Å². The van der Waals surface area contributed by atoms with E-state index in [1.807, 2.05) is 36.7 Å². The number of allylic oxidation sites excluding steroid dienone is 4. The minimum absolute atomic E-state index is 0.750. The van der Waals surface area contributed by atoms with Crippen molar-refractivity contribution < 1.29 is 4.79 Å². The molecule has 3 nitrogen and oxygen atoms in total. The normalized spacial score (nSPS) is 12.0. The largest absolute Gasteiger partial charge is 0.368 e. The first kappa shape index (κ1) is 8.40.